The lowest BCUT2D eigenvalue weighted by Gasteiger charge is -2.30. The summed E-state index contributed by atoms with van der Waals surface area (Å²) in [5, 5.41) is 13.8. The quantitative estimate of drug-likeness (QED) is 0.804. The molecule has 0 aliphatic rings. The Hall–Kier alpha value is -1.16. The zero-order valence-electron chi connectivity index (χ0n) is 11.6. The number of hydrogen-bond donors (Lipinski definition) is 2. The molecule has 0 bridgehead atoms. The number of aliphatic hydroxyl groups excluding tert-OH is 1. The van der Waals surface area contributed by atoms with Crippen molar-refractivity contribution in [2.75, 3.05) is 18.2 Å². The lowest BCUT2D eigenvalue weighted by molar-refractivity contribution is 0.224. The van der Waals surface area contributed by atoms with Gasteiger partial charge < -0.3 is 10.4 Å². The topological polar surface area (TPSA) is 32.3 Å². The van der Waals surface area contributed by atoms with Crippen molar-refractivity contribution in [1.82, 2.24) is 0 Å². The molecule has 106 valence electrons. The molecule has 20 heavy (non-hydrogen) atoms. The van der Waals surface area contributed by atoms with Gasteiger partial charge in [0, 0.05) is 15.6 Å². The zero-order valence-corrected chi connectivity index (χ0v) is 13.1. The maximum atomic E-state index is 9.80. The summed E-state index contributed by atoms with van der Waals surface area (Å²) in [6.07, 6.45) is 2.05. The molecule has 1 atom stereocenters. The normalized spacial score (nSPS) is 13.8. The molecule has 2 aromatic carbocycles. The zero-order chi connectivity index (χ0) is 14.6. The molecule has 0 aliphatic heterocycles. The predicted molar refractivity (Wildman–Crippen MR) is 87.7 cm³/mol. The molecule has 0 radical (unpaired) electrons. The van der Waals surface area contributed by atoms with E-state index in [1.54, 1.807) is 11.8 Å². The third kappa shape index (κ3) is 3.48. The van der Waals surface area contributed by atoms with Crippen LogP contribution in [0.2, 0.25) is 5.02 Å². The van der Waals surface area contributed by atoms with Gasteiger partial charge in [0.25, 0.3) is 0 Å². The van der Waals surface area contributed by atoms with Crippen LogP contribution in [0.15, 0.2) is 53.4 Å². The standard InChI is InChI=1S/C16H18ClNOS/c1-16(11-19,12-6-8-15(20-2)9-7-12)18-14-5-3-4-13(17)10-14/h3-10,18-19H,11H2,1-2H3. The number of nitrogens with one attached hydrogen (secondary N) is 1. The highest BCUT2D eigenvalue weighted by Crippen LogP contribution is 2.28. The minimum Gasteiger partial charge on any atom is -0.394 e. The van der Waals surface area contributed by atoms with Crippen LogP contribution in [0.3, 0.4) is 0 Å². The van der Waals surface area contributed by atoms with Gasteiger partial charge >= 0.3 is 0 Å². The fourth-order valence-corrected chi connectivity index (χ4v) is 2.65. The fourth-order valence-electron chi connectivity index (χ4n) is 2.05. The fraction of sp³-hybridized carbons (Fsp3) is 0.250. The van der Waals surface area contributed by atoms with Crippen molar-refractivity contribution < 1.29 is 5.11 Å². The monoisotopic (exact) mass is 307 g/mol. The maximum absolute atomic E-state index is 9.80. The van der Waals surface area contributed by atoms with E-state index in [9.17, 15) is 5.11 Å². The van der Waals surface area contributed by atoms with Crippen LogP contribution < -0.4 is 5.32 Å². The number of aliphatic hydroxyl groups is 1. The Morgan fingerprint density at radius 3 is 2.45 bits per heavy atom. The van der Waals surface area contributed by atoms with Gasteiger partial charge in [-0.2, -0.15) is 0 Å². The van der Waals surface area contributed by atoms with E-state index >= 15 is 0 Å². The van der Waals surface area contributed by atoms with E-state index in [0.29, 0.717) is 5.02 Å². The Bertz CT molecular complexity index is 573. The van der Waals surface area contributed by atoms with Crippen LogP contribution in [-0.4, -0.2) is 18.0 Å². The summed E-state index contributed by atoms with van der Waals surface area (Å²) in [5.74, 6) is 0. The summed E-state index contributed by atoms with van der Waals surface area (Å²) in [4.78, 5) is 1.21. The molecule has 0 aliphatic carbocycles. The highest BCUT2D eigenvalue weighted by atomic mass is 35.5. The van der Waals surface area contributed by atoms with Crippen LogP contribution in [0.25, 0.3) is 0 Å². The molecular formula is C16H18ClNOS. The highest BCUT2D eigenvalue weighted by molar-refractivity contribution is 7.98. The molecule has 2 aromatic rings. The van der Waals surface area contributed by atoms with Gasteiger partial charge in [0.2, 0.25) is 0 Å². The van der Waals surface area contributed by atoms with Crippen molar-refractivity contribution in [1.29, 1.82) is 0 Å². The SMILES string of the molecule is CSc1ccc(C(C)(CO)Nc2cccc(Cl)c2)cc1. The minimum absolute atomic E-state index is 0.00186. The van der Waals surface area contributed by atoms with Crippen molar-refractivity contribution in [3.63, 3.8) is 0 Å². The van der Waals surface area contributed by atoms with Gasteiger partial charge in [-0.15, -0.1) is 11.8 Å². The molecule has 2 N–H and O–H groups in total. The number of thioether (sulfide) groups is 1. The molecule has 0 saturated heterocycles. The van der Waals surface area contributed by atoms with Crippen molar-refractivity contribution in [3.8, 4) is 0 Å². The largest absolute Gasteiger partial charge is 0.394 e. The van der Waals surface area contributed by atoms with Crippen LogP contribution in [0.1, 0.15) is 12.5 Å². The highest BCUT2D eigenvalue weighted by Gasteiger charge is 2.25. The van der Waals surface area contributed by atoms with E-state index in [4.69, 9.17) is 11.6 Å². The number of anilines is 1. The van der Waals surface area contributed by atoms with Gasteiger partial charge in [-0.1, -0.05) is 29.8 Å². The Kier molecular flexibility index (Phi) is 4.97. The molecule has 0 spiro atoms. The first kappa shape index (κ1) is 15.2. The second-order valence-corrected chi connectivity index (χ2v) is 6.17. The van der Waals surface area contributed by atoms with Gasteiger partial charge in [0.15, 0.2) is 0 Å². The Balaban J connectivity index is 2.27. The van der Waals surface area contributed by atoms with Crippen LogP contribution in [0.5, 0.6) is 0 Å². The van der Waals surface area contributed by atoms with Crippen molar-refractivity contribution in [3.05, 3.63) is 59.1 Å². The van der Waals surface area contributed by atoms with Crippen LogP contribution >= 0.6 is 23.4 Å². The summed E-state index contributed by atoms with van der Waals surface area (Å²) in [5.41, 5.74) is 1.39. The van der Waals surface area contributed by atoms with Crippen LogP contribution in [0, 0.1) is 0 Å². The van der Waals surface area contributed by atoms with E-state index < -0.39 is 5.54 Å². The Labute approximate surface area is 129 Å². The lowest BCUT2D eigenvalue weighted by Crippen LogP contribution is -2.35. The molecule has 2 rings (SSSR count). The minimum atomic E-state index is -0.540. The number of hydrogen-bond acceptors (Lipinski definition) is 3. The first-order chi connectivity index (χ1) is 9.57. The summed E-state index contributed by atoms with van der Waals surface area (Å²) in [7, 11) is 0. The number of benzene rings is 2. The van der Waals surface area contributed by atoms with Gasteiger partial charge in [0.05, 0.1) is 12.1 Å². The van der Waals surface area contributed by atoms with Crippen molar-refractivity contribution in [2.45, 2.75) is 17.4 Å². The van der Waals surface area contributed by atoms with E-state index in [2.05, 4.69) is 17.4 Å². The molecule has 0 amide bonds. The maximum Gasteiger partial charge on any atom is 0.0828 e. The third-order valence-corrected chi connectivity index (χ3v) is 4.27. The number of halogens is 1. The molecule has 1 unspecified atom stereocenters. The Morgan fingerprint density at radius 1 is 1.20 bits per heavy atom. The predicted octanol–water partition coefficient (Wildman–Crippen LogP) is 4.38. The third-order valence-electron chi connectivity index (χ3n) is 3.29. The van der Waals surface area contributed by atoms with Gasteiger partial charge in [0.1, 0.15) is 0 Å². The molecule has 4 heteroatoms. The van der Waals surface area contributed by atoms with E-state index in [0.717, 1.165) is 11.3 Å². The summed E-state index contributed by atoms with van der Waals surface area (Å²) in [6.45, 7) is 1.97. The lowest BCUT2D eigenvalue weighted by atomic mass is 9.92. The van der Waals surface area contributed by atoms with E-state index in [-0.39, 0.29) is 6.61 Å². The van der Waals surface area contributed by atoms with Crippen molar-refractivity contribution >= 4 is 29.1 Å². The van der Waals surface area contributed by atoms with Crippen LogP contribution in [-0.2, 0) is 5.54 Å². The first-order valence-corrected chi connectivity index (χ1v) is 7.97. The second kappa shape index (κ2) is 6.53. The molecule has 0 fully saturated rings. The summed E-state index contributed by atoms with van der Waals surface area (Å²) in [6, 6.07) is 15.7. The first-order valence-electron chi connectivity index (χ1n) is 6.36. The van der Waals surface area contributed by atoms with E-state index in [1.165, 1.54) is 4.90 Å². The summed E-state index contributed by atoms with van der Waals surface area (Å²) < 4.78 is 0. The molecule has 0 saturated carbocycles. The molecule has 2 nitrogen and oxygen atoms in total. The summed E-state index contributed by atoms with van der Waals surface area (Å²) >= 11 is 7.70. The van der Waals surface area contributed by atoms with E-state index in [1.807, 2.05) is 49.6 Å². The molecular weight excluding hydrogens is 290 g/mol. The van der Waals surface area contributed by atoms with Crippen molar-refractivity contribution in [2.24, 2.45) is 0 Å². The average molecular weight is 308 g/mol. The van der Waals surface area contributed by atoms with Crippen LogP contribution in [0.4, 0.5) is 5.69 Å². The number of rotatable bonds is 5. The Morgan fingerprint density at radius 2 is 1.90 bits per heavy atom. The molecule has 0 heterocycles. The van der Waals surface area contributed by atoms with Gasteiger partial charge in [-0.05, 0) is 49.1 Å². The smallest absolute Gasteiger partial charge is 0.0828 e. The molecule has 0 aromatic heterocycles. The van der Waals surface area contributed by atoms with Gasteiger partial charge in [-0.3, -0.25) is 0 Å². The van der Waals surface area contributed by atoms with Gasteiger partial charge in [-0.25, -0.2) is 0 Å². The average Bonchev–Trinajstić information content (AvgIpc) is 2.47. The second-order valence-electron chi connectivity index (χ2n) is 4.85.